The van der Waals surface area contributed by atoms with E-state index in [1.165, 1.54) is 24.5 Å². The summed E-state index contributed by atoms with van der Waals surface area (Å²) in [7, 11) is 0. The monoisotopic (exact) mass is 223 g/mol. The molecule has 1 heterocycles. The van der Waals surface area contributed by atoms with Gasteiger partial charge in [-0.3, -0.25) is 0 Å². The van der Waals surface area contributed by atoms with Crippen LogP contribution in [0.4, 0.5) is 14.6 Å². The molecule has 84 valence electrons. The Kier molecular flexibility index (Phi) is 2.60. The molecule has 5 heteroatoms. The molecule has 0 fully saturated rings. The van der Waals surface area contributed by atoms with Gasteiger partial charge < -0.3 is 10.3 Å². The summed E-state index contributed by atoms with van der Waals surface area (Å²) in [5, 5.41) is 0. The molecular weight excluding hydrogens is 212 g/mol. The van der Waals surface area contributed by atoms with Crippen molar-refractivity contribution in [3.63, 3.8) is 0 Å². The zero-order valence-corrected chi connectivity index (χ0v) is 8.74. The SMILES string of the molecule is CCn1cnc(-c2c(F)cccc2F)c1N. The van der Waals surface area contributed by atoms with Gasteiger partial charge >= 0.3 is 0 Å². The van der Waals surface area contributed by atoms with Gasteiger partial charge in [0.1, 0.15) is 23.1 Å². The summed E-state index contributed by atoms with van der Waals surface area (Å²) in [5.41, 5.74) is 5.73. The second-order valence-electron chi connectivity index (χ2n) is 3.36. The second kappa shape index (κ2) is 3.92. The maximum Gasteiger partial charge on any atom is 0.135 e. The Bertz CT molecular complexity index is 500. The molecule has 16 heavy (non-hydrogen) atoms. The summed E-state index contributed by atoms with van der Waals surface area (Å²) in [6, 6.07) is 3.67. The minimum atomic E-state index is -0.659. The number of hydrogen-bond donors (Lipinski definition) is 1. The first-order valence-corrected chi connectivity index (χ1v) is 4.90. The van der Waals surface area contributed by atoms with E-state index in [1.54, 1.807) is 4.57 Å². The van der Waals surface area contributed by atoms with Gasteiger partial charge in [0.15, 0.2) is 0 Å². The lowest BCUT2D eigenvalue weighted by Crippen LogP contribution is -2.00. The molecule has 1 aromatic heterocycles. The van der Waals surface area contributed by atoms with E-state index in [1.807, 2.05) is 6.92 Å². The van der Waals surface area contributed by atoms with Gasteiger partial charge in [0.25, 0.3) is 0 Å². The molecule has 0 saturated carbocycles. The van der Waals surface area contributed by atoms with Crippen molar-refractivity contribution < 1.29 is 8.78 Å². The van der Waals surface area contributed by atoms with Crippen LogP contribution in [0.3, 0.4) is 0 Å². The van der Waals surface area contributed by atoms with Gasteiger partial charge in [0.2, 0.25) is 0 Å². The Balaban J connectivity index is 2.63. The Labute approximate surface area is 91.5 Å². The predicted octanol–water partition coefficient (Wildman–Crippen LogP) is 2.43. The summed E-state index contributed by atoms with van der Waals surface area (Å²) in [5.74, 6) is -1.05. The Hall–Kier alpha value is -1.91. The Morgan fingerprint density at radius 2 is 1.94 bits per heavy atom. The van der Waals surface area contributed by atoms with Crippen LogP contribution in [0.25, 0.3) is 11.3 Å². The fourth-order valence-corrected chi connectivity index (χ4v) is 1.56. The molecule has 2 aromatic rings. The fourth-order valence-electron chi connectivity index (χ4n) is 1.56. The van der Waals surface area contributed by atoms with E-state index in [9.17, 15) is 8.78 Å². The smallest absolute Gasteiger partial charge is 0.135 e. The first kappa shape index (κ1) is 10.6. The van der Waals surface area contributed by atoms with Crippen molar-refractivity contribution in [2.24, 2.45) is 0 Å². The van der Waals surface area contributed by atoms with E-state index >= 15 is 0 Å². The standard InChI is InChI=1S/C11H11F2N3/c1-2-16-6-15-10(11(16)14)9-7(12)4-3-5-8(9)13/h3-6H,2,14H2,1H3. The molecule has 1 aromatic carbocycles. The molecule has 3 nitrogen and oxygen atoms in total. The summed E-state index contributed by atoms with van der Waals surface area (Å²) in [6.07, 6.45) is 1.47. The highest BCUT2D eigenvalue weighted by Gasteiger charge is 2.17. The molecule has 0 aliphatic carbocycles. The molecule has 2 N–H and O–H groups in total. The van der Waals surface area contributed by atoms with E-state index in [0.717, 1.165) is 0 Å². The zero-order chi connectivity index (χ0) is 11.7. The van der Waals surface area contributed by atoms with Crippen LogP contribution in [0.2, 0.25) is 0 Å². The molecule has 0 saturated heterocycles. The maximum atomic E-state index is 13.5. The topological polar surface area (TPSA) is 43.8 Å². The molecule has 0 spiro atoms. The van der Waals surface area contributed by atoms with Crippen molar-refractivity contribution in [3.05, 3.63) is 36.2 Å². The van der Waals surface area contributed by atoms with E-state index in [0.29, 0.717) is 6.54 Å². The largest absolute Gasteiger partial charge is 0.383 e. The number of aromatic nitrogens is 2. The molecule has 0 radical (unpaired) electrons. The number of anilines is 1. The first-order chi connectivity index (χ1) is 7.65. The number of nitrogens with zero attached hydrogens (tertiary/aromatic N) is 2. The van der Waals surface area contributed by atoms with Crippen molar-refractivity contribution in [3.8, 4) is 11.3 Å². The molecule has 0 bridgehead atoms. The molecule has 0 aliphatic rings. The fraction of sp³-hybridized carbons (Fsp3) is 0.182. The number of hydrogen-bond acceptors (Lipinski definition) is 2. The molecule has 2 rings (SSSR count). The number of nitrogens with two attached hydrogens (primary N) is 1. The summed E-state index contributed by atoms with van der Waals surface area (Å²) < 4.78 is 28.6. The van der Waals surface area contributed by atoms with E-state index < -0.39 is 11.6 Å². The van der Waals surface area contributed by atoms with Gasteiger partial charge in [0, 0.05) is 6.54 Å². The minimum absolute atomic E-state index is 0.150. The highest BCUT2D eigenvalue weighted by Crippen LogP contribution is 2.29. The van der Waals surface area contributed by atoms with Gasteiger partial charge in [-0.2, -0.15) is 0 Å². The van der Waals surface area contributed by atoms with E-state index in [2.05, 4.69) is 4.98 Å². The molecule has 0 atom stereocenters. The lowest BCUT2D eigenvalue weighted by molar-refractivity contribution is 0.589. The molecule has 0 unspecified atom stereocenters. The third-order valence-corrected chi connectivity index (χ3v) is 2.42. The second-order valence-corrected chi connectivity index (χ2v) is 3.36. The molecule has 0 aliphatic heterocycles. The van der Waals surface area contributed by atoms with Crippen molar-refractivity contribution in [2.45, 2.75) is 13.5 Å². The quantitative estimate of drug-likeness (QED) is 0.849. The van der Waals surface area contributed by atoms with Gasteiger partial charge in [-0.15, -0.1) is 0 Å². The summed E-state index contributed by atoms with van der Waals surface area (Å²) >= 11 is 0. The van der Waals surface area contributed by atoms with Crippen LogP contribution >= 0.6 is 0 Å². The zero-order valence-electron chi connectivity index (χ0n) is 8.74. The number of rotatable bonds is 2. The third-order valence-electron chi connectivity index (χ3n) is 2.42. The van der Waals surface area contributed by atoms with Crippen LogP contribution < -0.4 is 5.73 Å². The number of benzene rings is 1. The van der Waals surface area contributed by atoms with Crippen LogP contribution in [0.1, 0.15) is 6.92 Å². The number of imidazole rings is 1. The van der Waals surface area contributed by atoms with E-state index in [-0.39, 0.29) is 17.1 Å². The van der Waals surface area contributed by atoms with Crippen molar-refractivity contribution in [2.75, 3.05) is 5.73 Å². The number of aryl methyl sites for hydroxylation is 1. The van der Waals surface area contributed by atoms with Crippen molar-refractivity contribution in [1.82, 2.24) is 9.55 Å². The average molecular weight is 223 g/mol. The van der Waals surface area contributed by atoms with Crippen molar-refractivity contribution >= 4 is 5.82 Å². The van der Waals surface area contributed by atoms with Crippen LogP contribution in [-0.2, 0) is 6.54 Å². The Morgan fingerprint density at radius 3 is 2.44 bits per heavy atom. The van der Waals surface area contributed by atoms with Gasteiger partial charge in [-0.05, 0) is 19.1 Å². The molecular formula is C11H11F2N3. The average Bonchev–Trinajstić information content (AvgIpc) is 2.60. The first-order valence-electron chi connectivity index (χ1n) is 4.90. The van der Waals surface area contributed by atoms with Crippen LogP contribution in [0.5, 0.6) is 0 Å². The summed E-state index contributed by atoms with van der Waals surface area (Å²) in [4.78, 5) is 3.94. The highest BCUT2D eigenvalue weighted by molar-refractivity contribution is 5.71. The highest BCUT2D eigenvalue weighted by atomic mass is 19.1. The number of nitrogen functional groups attached to an aromatic ring is 1. The van der Waals surface area contributed by atoms with E-state index in [4.69, 9.17) is 5.73 Å². The Morgan fingerprint density at radius 1 is 1.31 bits per heavy atom. The molecule has 0 amide bonds. The van der Waals surface area contributed by atoms with Crippen LogP contribution in [0, 0.1) is 11.6 Å². The van der Waals surface area contributed by atoms with Gasteiger partial charge in [-0.1, -0.05) is 6.07 Å². The third kappa shape index (κ3) is 1.54. The van der Waals surface area contributed by atoms with Crippen LogP contribution in [-0.4, -0.2) is 9.55 Å². The summed E-state index contributed by atoms with van der Waals surface area (Å²) in [6.45, 7) is 2.48. The van der Waals surface area contributed by atoms with Gasteiger partial charge in [0.05, 0.1) is 11.9 Å². The lowest BCUT2D eigenvalue weighted by Gasteiger charge is -2.04. The number of halogens is 2. The maximum absolute atomic E-state index is 13.5. The predicted molar refractivity (Wildman–Crippen MR) is 57.7 cm³/mol. The van der Waals surface area contributed by atoms with Gasteiger partial charge in [-0.25, -0.2) is 13.8 Å². The minimum Gasteiger partial charge on any atom is -0.383 e. The normalized spacial score (nSPS) is 10.7. The van der Waals surface area contributed by atoms with Crippen molar-refractivity contribution in [1.29, 1.82) is 0 Å². The van der Waals surface area contributed by atoms with Crippen LogP contribution in [0.15, 0.2) is 24.5 Å². The lowest BCUT2D eigenvalue weighted by atomic mass is 10.1.